The second-order valence-electron chi connectivity index (χ2n) is 5.30. The first-order chi connectivity index (χ1) is 9.52. The van der Waals surface area contributed by atoms with Crippen LogP contribution in [-0.2, 0) is 6.54 Å². The van der Waals surface area contributed by atoms with Crippen LogP contribution in [0.15, 0.2) is 24.4 Å². The Morgan fingerprint density at radius 3 is 2.60 bits per heavy atom. The van der Waals surface area contributed by atoms with Gasteiger partial charge in [0, 0.05) is 34.9 Å². The van der Waals surface area contributed by atoms with Crippen molar-refractivity contribution in [1.82, 2.24) is 15.1 Å². The van der Waals surface area contributed by atoms with E-state index in [0.29, 0.717) is 6.04 Å². The van der Waals surface area contributed by atoms with Gasteiger partial charge in [-0.15, -0.1) is 0 Å². The lowest BCUT2D eigenvalue weighted by Gasteiger charge is -2.07. The van der Waals surface area contributed by atoms with Crippen LogP contribution < -0.4 is 5.32 Å². The predicted octanol–water partition coefficient (Wildman–Crippen LogP) is 4.20. The monoisotopic (exact) mass is 291 g/mol. The normalized spacial score (nSPS) is 11.3. The lowest BCUT2D eigenvalue weighted by Crippen LogP contribution is -2.11. The maximum atomic E-state index is 6.44. The molecule has 0 bridgehead atoms. The molecule has 4 heteroatoms. The van der Waals surface area contributed by atoms with Gasteiger partial charge in [0.15, 0.2) is 0 Å². The summed E-state index contributed by atoms with van der Waals surface area (Å²) in [6, 6.07) is 6.60. The van der Waals surface area contributed by atoms with Crippen molar-refractivity contribution >= 4 is 11.6 Å². The fourth-order valence-corrected chi connectivity index (χ4v) is 2.47. The highest BCUT2D eigenvalue weighted by Crippen LogP contribution is 2.31. The Morgan fingerprint density at radius 2 is 2.05 bits per heavy atom. The number of hydrogen-bond acceptors (Lipinski definition) is 2. The van der Waals surface area contributed by atoms with Crippen molar-refractivity contribution in [2.24, 2.45) is 0 Å². The summed E-state index contributed by atoms with van der Waals surface area (Å²) < 4.78 is 1.98. The number of nitrogens with zero attached hydrogens (tertiary/aromatic N) is 2. The van der Waals surface area contributed by atoms with Crippen molar-refractivity contribution in [2.45, 2.75) is 40.3 Å². The van der Waals surface area contributed by atoms with E-state index in [9.17, 15) is 0 Å². The molecule has 1 aromatic heterocycles. The van der Waals surface area contributed by atoms with Crippen molar-refractivity contribution < 1.29 is 0 Å². The maximum absolute atomic E-state index is 6.44. The molecule has 0 aliphatic rings. The summed E-state index contributed by atoms with van der Waals surface area (Å²) in [5.74, 6) is 0. The van der Waals surface area contributed by atoms with Crippen molar-refractivity contribution in [3.8, 4) is 11.1 Å². The van der Waals surface area contributed by atoms with Crippen LogP contribution in [0.2, 0.25) is 5.02 Å². The molecule has 0 spiro atoms. The molecule has 108 valence electrons. The van der Waals surface area contributed by atoms with E-state index in [4.69, 9.17) is 11.6 Å². The van der Waals surface area contributed by atoms with Crippen LogP contribution in [0.5, 0.6) is 0 Å². The fourth-order valence-electron chi connectivity index (χ4n) is 2.17. The number of rotatable bonds is 5. The van der Waals surface area contributed by atoms with Crippen molar-refractivity contribution in [3.63, 3.8) is 0 Å². The van der Waals surface area contributed by atoms with Crippen LogP contribution in [-0.4, -0.2) is 16.3 Å². The van der Waals surface area contributed by atoms with Crippen LogP contribution in [0.3, 0.4) is 0 Å². The smallest absolute Gasteiger partial charge is 0.0672 e. The number of aryl methyl sites for hydroxylation is 1. The van der Waals surface area contributed by atoms with Gasteiger partial charge < -0.3 is 5.32 Å². The van der Waals surface area contributed by atoms with E-state index in [0.717, 1.165) is 34.9 Å². The van der Waals surface area contributed by atoms with Crippen molar-refractivity contribution in [1.29, 1.82) is 0 Å². The van der Waals surface area contributed by atoms with Crippen molar-refractivity contribution in [3.05, 3.63) is 40.7 Å². The minimum atomic E-state index is 0.356. The van der Waals surface area contributed by atoms with Crippen LogP contribution >= 0.6 is 11.6 Å². The zero-order valence-corrected chi connectivity index (χ0v) is 13.3. The first-order valence-electron chi connectivity index (χ1n) is 7.08. The summed E-state index contributed by atoms with van der Waals surface area (Å²) in [5, 5.41) is 8.64. The number of nitrogens with one attached hydrogen (secondary N) is 1. The molecule has 0 fully saturated rings. The Labute approximate surface area is 126 Å². The zero-order valence-electron chi connectivity index (χ0n) is 12.6. The van der Waals surface area contributed by atoms with Gasteiger partial charge in [-0.1, -0.05) is 30.7 Å². The maximum Gasteiger partial charge on any atom is 0.0672 e. The minimum absolute atomic E-state index is 0.356. The second kappa shape index (κ2) is 6.42. The number of hydrogen-bond donors (Lipinski definition) is 1. The molecule has 0 saturated heterocycles. The molecule has 20 heavy (non-hydrogen) atoms. The first kappa shape index (κ1) is 15.1. The van der Waals surface area contributed by atoms with Crippen LogP contribution in [0, 0.1) is 6.92 Å². The number of halogens is 1. The quantitative estimate of drug-likeness (QED) is 0.894. The minimum Gasteiger partial charge on any atom is -0.313 e. The highest BCUT2D eigenvalue weighted by atomic mass is 35.5. The highest BCUT2D eigenvalue weighted by molar-refractivity contribution is 6.33. The van der Waals surface area contributed by atoms with E-state index < -0.39 is 0 Å². The third kappa shape index (κ3) is 3.22. The topological polar surface area (TPSA) is 29.9 Å². The molecule has 2 rings (SSSR count). The lowest BCUT2D eigenvalue weighted by atomic mass is 10.0. The summed E-state index contributed by atoms with van der Waals surface area (Å²) in [7, 11) is 0. The standard InChI is InChI=1S/C16H22ClN3/c1-5-18-9-13-6-7-14(16(17)8-13)15-10-20(11(2)3)19-12(15)4/h6-8,10-11,18H,5,9H2,1-4H3. The van der Waals surface area contributed by atoms with Crippen molar-refractivity contribution in [2.75, 3.05) is 6.54 Å². The van der Waals surface area contributed by atoms with E-state index in [2.05, 4.69) is 49.5 Å². The Balaban J connectivity index is 2.33. The van der Waals surface area contributed by atoms with Crippen LogP contribution in [0.1, 0.15) is 38.1 Å². The average molecular weight is 292 g/mol. The molecular weight excluding hydrogens is 270 g/mol. The van der Waals surface area contributed by atoms with Gasteiger partial charge in [-0.25, -0.2) is 0 Å². The van der Waals surface area contributed by atoms with E-state index >= 15 is 0 Å². The molecule has 2 aromatic rings. The molecule has 0 aliphatic heterocycles. The molecular formula is C16H22ClN3. The number of benzene rings is 1. The van der Waals surface area contributed by atoms with E-state index in [1.54, 1.807) is 0 Å². The Kier molecular flexibility index (Phi) is 4.84. The third-order valence-electron chi connectivity index (χ3n) is 3.35. The summed E-state index contributed by atoms with van der Waals surface area (Å²) in [6.07, 6.45) is 2.07. The van der Waals surface area contributed by atoms with E-state index in [1.807, 2.05) is 17.7 Å². The van der Waals surface area contributed by atoms with E-state index in [1.165, 1.54) is 5.56 Å². The zero-order chi connectivity index (χ0) is 14.7. The van der Waals surface area contributed by atoms with Gasteiger partial charge in [0.25, 0.3) is 0 Å². The summed E-state index contributed by atoms with van der Waals surface area (Å²) >= 11 is 6.44. The van der Waals surface area contributed by atoms with Gasteiger partial charge >= 0.3 is 0 Å². The second-order valence-corrected chi connectivity index (χ2v) is 5.70. The molecule has 0 atom stereocenters. The Morgan fingerprint density at radius 1 is 1.30 bits per heavy atom. The van der Waals surface area contributed by atoms with E-state index in [-0.39, 0.29) is 0 Å². The molecule has 0 radical (unpaired) electrons. The summed E-state index contributed by atoms with van der Waals surface area (Å²) in [6.45, 7) is 10.2. The fraction of sp³-hybridized carbons (Fsp3) is 0.438. The molecule has 1 N–H and O–H groups in total. The molecule has 3 nitrogen and oxygen atoms in total. The predicted molar refractivity (Wildman–Crippen MR) is 85.2 cm³/mol. The van der Waals surface area contributed by atoms with Gasteiger partial charge in [-0.05, 0) is 38.9 Å². The molecule has 0 saturated carbocycles. The third-order valence-corrected chi connectivity index (χ3v) is 3.66. The molecule has 0 unspecified atom stereocenters. The van der Waals surface area contributed by atoms with Gasteiger partial charge in [0.2, 0.25) is 0 Å². The number of aromatic nitrogens is 2. The molecule has 1 aromatic carbocycles. The lowest BCUT2D eigenvalue weighted by molar-refractivity contribution is 0.529. The summed E-state index contributed by atoms with van der Waals surface area (Å²) in [5.41, 5.74) is 4.38. The molecule has 0 amide bonds. The van der Waals surface area contributed by atoms with Gasteiger partial charge in [-0.3, -0.25) is 4.68 Å². The largest absolute Gasteiger partial charge is 0.313 e. The Hall–Kier alpha value is -1.32. The molecule has 0 aliphatic carbocycles. The Bertz CT molecular complexity index is 587. The highest BCUT2D eigenvalue weighted by Gasteiger charge is 2.12. The molecule has 1 heterocycles. The van der Waals surface area contributed by atoms with Crippen LogP contribution in [0.25, 0.3) is 11.1 Å². The SMILES string of the molecule is CCNCc1ccc(-c2cn(C(C)C)nc2C)c(Cl)c1. The van der Waals surface area contributed by atoms with Gasteiger partial charge in [0.1, 0.15) is 0 Å². The van der Waals surface area contributed by atoms with Gasteiger partial charge in [-0.2, -0.15) is 5.10 Å². The van der Waals surface area contributed by atoms with Crippen LogP contribution in [0.4, 0.5) is 0 Å². The summed E-state index contributed by atoms with van der Waals surface area (Å²) in [4.78, 5) is 0. The van der Waals surface area contributed by atoms with Gasteiger partial charge in [0.05, 0.1) is 5.69 Å². The first-order valence-corrected chi connectivity index (χ1v) is 7.46. The average Bonchev–Trinajstić information content (AvgIpc) is 2.79.